The first-order chi connectivity index (χ1) is 34.4. The first kappa shape index (κ1) is 53.5. The number of benzene rings is 2. The average molecular weight is 1070 g/mol. The van der Waals surface area contributed by atoms with Gasteiger partial charge in [-0.15, -0.1) is 0 Å². The van der Waals surface area contributed by atoms with E-state index in [-0.39, 0.29) is 76.8 Å². The summed E-state index contributed by atoms with van der Waals surface area (Å²) < 4.78 is 59.1. The second-order valence-electron chi connectivity index (χ2n) is 16.4. The molecule has 2 N–H and O–H groups in total. The van der Waals surface area contributed by atoms with E-state index in [9.17, 15) is 38.6 Å². The molecule has 2 fully saturated rings. The maximum absolute atomic E-state index is 14.7. The second kappa shape index (κ2) is 24.0. The third-order valence-electron chi connectivity index (χ3n) is 10.7. The van der Waals surface area contributed by atoms with E-state index < -0.39 is 92.2 Å². The number of anilines is 2. The van der Waals surface area contributed by atoms with Gasteiger partial charge in [-0.1, -0.05) is 55.2 Å². The predicted octanol–water partition coefficient (Wildman–Crippen LogP) is 7.21. The van der Waals surface area contributed by atoms with E-state index in [4.69, 9.17) is 55.9 Å². The van der Waals surface area contributed by atoms with Crippen molar-refractivity contribution in [2.75, 3.05) is 29.6 Å². The summed E-state index contributed by atoms with van der Waals surface area (Å²) in [7, 11) is 0. The lowest BCUT2D eigenvalue weighted by Gasteiger charge is -2.25. The number of Topliss-reactive ketones (excluding diaryl/α,β-unsaturated/α-hetero) is 1. The number of rotatable bonds is 21. The number of nitriles is 1. The number of imidazole rings is 1. The summed E-state index contributed by atoms with van der Waals surface area (Å²) in [6.07, 6.45) is -4.66. The zero-order chi connectivity index (χ0) is 51.7. The van der Waals surface area contributed by atoms with Crippen LogP contribution in [-0.2, 0) is 51.7 Å². The molecule has 380 valence electrons. The molecule has 5 aromatic rings. The SMILES string of the molecule is CC(=O)CCC(=O)O[C@H]1C[C@H](n2cnc3c(Oc4cc(Cl)ccc4Cl)nc(NC(=O)C(C)C)nc32)O[C@@H]1COP(=O)(O[C@H]1C[C@H](n2ccc(NC(=O)c3ccccc3)nc2=O)O[C@@H]1COC(C)=O)SCC#N. The van der Waals surface area contributed by atoms with Crippen LogP contribution in [-0.4, -0.2) is 102 Å². The fraction of sp³-hybridized carbons (Fsp3) is 0.400. The van der Waals surface area contributed by atoms with Crippen LogP contribution in [0.3, 0.4) is 0 Å². The number of esters is 2. The number of halogens is 2. The third-order valence-corrected chi connectivity index (χ3v) is 14.7. The summed E-state index contributed by atoms with van der Waals surface area (Å²) in [5.74, 6) is -3.62. The Morgan fingerprint density at radius 3 is 2.35 bits per heavy atom. The summed E-state index contributed by atoms with van der Waals surface area (Å²) in [5, 5.41) is 15.3. The number of carbonyl (C=O) groups excluding carboxylic acids is 5. The molecule has 5 heterocycles. The highest BCUT2D eigenvalue weighted by Crippen LogP contribution is 2.63. The minimum atomic E-state index is -4.45. The molecule has 2 amide bonds. The molecule has 0 radical (unpaired) electrons. The van der Waals surface area contributed by atoms with Crippen LogP contribution in [0.4, 0.5) is 11.8 Å². The van der Waals surface area contributed by atoms with E-state index >= 15 is 0 Å². The van der Waals surface area contributed by atoms with Crippen LogP contribution in [0.15, 0.2) is 71.9 Å². The molecule has 0 spiro atoms. The quantitative estimate of drug-likeness (QED) is 0.0541. The molecule has 23 nitrogen and oxygen atoms in total. The number of hydrogen-bond donors (Lipinski definition) is 2. The molecule has 1 unspecified atom stereocenters. The van der Waals surface area contributed by atoms with Crippen molar-refractivity contribution >= 4 is 93.8 Å². The molecule has 7 atom stereocenters. The normalized spacial score (nSPS) is 20.4. The number of carbonyl (C=O) groups is 5. The monoisotopic (exact) mass is 1070 g/mol. The van der Waals surface area contributed by atoms with Gasteiger partial charge in [0.05, 0.1) is 36.2 Å². The lowest BCUT2D eigenvalue weighted by atomic mass is 10.2. The van der Waals surface area contributed by atoms with Gasteiger partial charge < -0.3 is 33.8 Å². The van der Waals surface area contributed by atoms with Gasteiger partial charge in [-0.3, -0.25) is 42.7 Å². The molecule has 3 aromatic heterocycles. The highest BCUT2D eigenvalue weighted by atomic mass is 35.5. The third kappa shape index (κ3) is 13.8. The van der Waals surface area contributed by atoms with Crippen LogP contribution in [0.2, 0.25) is 10.0 Å². The summed E-state index contributed by atoms with van der Waals surface area (Å²) in [4.78, 5) is 93.1. The maximum atomic E-state index is 14.7. The van der Waals surface area contributed by atoms with Gasteiger partial charge in [0, 0.05) is 55.0 Å². The van der Waals surface area contributed by atoms with Gasteiger partial charge in [-0.25, -0.2) is 14.3 Å². The van der Waals surface area contributed by atoms with Crippen LogP contribution in [0.25, 0.3) is 11.2 Å². The number of ketones is 1. The number of nitrogens with zero attached hydrogens (tertiary/aromatic N) is 7. The lowest BCUT2D eigenvalue weighted by molar-refractivity contribution is -0.153. The van der Waals surface area contributed by atoms with Gasteiger partial charge in [0.25, 0.3) is 11.8 Å². The molecular formula is C45H46Cl2N9O14PS. The molecule has 27 heteroatoms. The zero-order valence-electron chi connectivity index (χ0n) is 38.8. The Labute approximate surface area is 424 Å². The number of amides is 2. The number of aromatic nitrogens is 6. The van der Waals surface area contributed by atoms with Gasteiger partial charge in [0.1, 0.15) is 60.8 Å². The van der Waals surface area contributed by atoms with Crippen molar-refractivity contribution in [3.05, 3.63) is 93.2 Å². The van der Waals surface area contributed by atoms with Crippen LogP contribution < -0.4 is 21.1 Å². The number of ether oxygens (including phenoxy) is 5. The second-order valence-corrected chi connectivity index (χ2v) is 21.3. The summed E-state index contributed by atoms with van der Waals surface area (Å²) >= 11 is 13.2. The van der Waals surface area contributed by atoms with Crippen molar-refractivity contribution in [2.24, 2.45) is 5.92 Å². The molecule has 2 aromatic carbocycles. The van der Waals surface area contributed by atoms with Crippen molar-refractivity contribution in [1.82, 2.24) is 29.1 Å². The Morgan fingerprint density at radius 2 is 1.65 bits per heavy atom. The molecule has 0 saturated carbocycles. The lowest BCUT2D eigenvalue weighted by Crippen LogP contribution is -2.32. The molecule has 0 bridgehead atoms. The first-order valence-electron chi connectivity index (χ1n) is 22.1. The van der Waals surface area contributed by atoms with Crippen LogP contribution in [0.1, 0.15) is 76.2 Å². The first-order valence-corrected chi connectivity index (χ1v) is 26.0. The van der Waals surface area contributed by atoms with Crippen molar-refractivity contribution in [2.45, 2.75) is 90.2 Å². The molecule has 7 rings (SSSR count). The Kier molecular flexibility index (Phi) is 17.8. The fourth-order valence-electron chi connectivity index (χ4n) is 7.14. The number of fused-ring (bicyclic) bond motifs is 1. The number of hydrogen-bond acceptors (Lipinski definition) is 20. The van der Waals surface area contributed by atoms with Crippen LogP contribution in [0, 0.1) is 17.2 Å². The Hall–Kier alpha value is -6.29. The van der Waals surface area contributed by atoms with Crippen molar-refractivity contribution < 1.29 is 61.3 Å². The fourth-order valence-corrected chi connectivity index (χ4v) is 10.3. The summed E-state index contributed by atoms with van der Waals surface area (Å²) in [5.41, 5.74) is -0.290. The van der Waals surface area contributed by atoms with Gasteiger partial charge in [-0.2, -0.15) is 20.2 Å². The van der Waals surface area contributed by atoms with Crippen molar-refractivity contribution in [3.8, 4) is 17.7 Å². The smallest absolute Gasteiger partial charge is 0.390 e. The van der Waals surface area contributed by atoms with Crippen LogP contribution >= 0.6 is 41.4 Å². The van der Waals surface area contributed by atoms with E-state index in [0.29, 0.717) is 22.0 Å². The molecule has 2 aliphatic rings. The Balaban J connectivity index is 1.14. The Morgan fingerprint density at radius 1 is 0.931 bits per heavy atom. The molecule has 2 aliphatic heterocycles. The molecule has 0 aliphatic carbocycles. The number of nitrogens with one attached hydrogen (secondary N) is 2. The van der Waals surface area contributed by atoms with Gasteiger partial charge in [-0.05, 0) is 48.6 Å². The Bertz CT molecular complexity index is 3000. The molecule has 2 saturated heterocycles. The largest absolute Gasteiger partial charge is 0.463 e. The van der Waals surface area contributed by atoms with Gasteiger partial charge in [0.15, 0.2) is 11.2 Å². The van der Waals surface area contributed by atoms with Crippen molar-refractivity contribution in [1.29, 1.82) is 5.26 Å². The van der Waals surface area contributed by atoms with Crippen molar-refractivity contribution in [3.63, 3.8) is 0 Å². The topological polar surface area (TPSA) is 293 Å². The molecule has 72 heavy (non-hydrogen) atoms. The van der Waals surface area contributed by atoms with Gasteiger partial charge in [0.2, 0.25) is 11.9 Å². The average Bonchev–Trinajstić information content (AvgIpc) is 4.07. The minimum Gasteiger partial charge on any atom is -0.463 e. The van der Waals surface area contributed by atoms with Crippen LogP contribution in [0.5, 0.6) is 11.6 Å². The zero-order valence-corrected chi connectivity index (χ0v) is 42.0. The maximum Gasteiger partial charge on any atom is 0.390 e. The van der Waals surface area contributed by atoms with E-state index in [1.165, 1.54) is 49.1 Å². The summed E-state index contributed by atoms with van der Waals surface area (Å²) in [6.45, 7) is 0.427. The minimum absolute atomic E-state index is 0.0373. The molecular weight excluding hydrogens is 1020 g/mol. The van der Waals surface area contributed by atoms with E-state index in [1.54, 1.807) is 50.2 Å². The highest BCUT2D eigenvalue weighted by molar-refractivity contribution is 8.55. The highest BCUT2D eigenvalue weighted by Gasteiger charge is 2.46. The summed E-state index contributed by atoms with van der Waals surface area (Å²) in [6, 6.07) is 16.1. The predicted molar refractivity (Wildman–Crippen MR) is 258 cm³/mol. The van der Waals surface area contributed by atoms with E-state index in [1.807, 2.05) is 6.07 Å². The van der Waals surface area contributed by atoms with E-state index in [2.05, 4.69) is 30.6 Å². The van der Waals surface area contributed by atoms with Gasteiger partial charge >= 0.3 is 24.4 Å². The van der Waals surface area contributed by atoms with E-state index in [0.717, 1.165) is 4.57 Å². The standard InChI is InChI=1S/C45H46Cl2N9O14PS/c1-24(2)41(60)53-44-52-40-39(43(54-44)69-30-18-28(46)11-12-29(30)47)49-23-56(40)37-19-31(68-38(59)13-10-25(3)57)34(67-37)22-65-71(63,72-17-15-48)70-32-20-36(66-33(32)21-64-26(4)58)55-16-14-35(51-45(55)62)50-42(61)27-8-6-5-7-9-27/h5-9,11-12,14,16,18,23-24,31-34,36-37H,10,13,17,19-22H2,1-4H3,(H,50,51,61,62)(H,52,53,54,60)/t31-,32-,33+,34+,36+,37+,71?/m0/s1.